The molecule has 2 N–H and O–H groups in total. The summed E-state index contributed by atoms with van der Waals surface area (Å²) in [6.07, 6.45) is -28.0. The predicted octanol–water partition coefficient (Wildman–Crippen LogP) is 7.18. The van der Waals surface area contributed by atoms with Crippen molar-refractivity contribution in [2.45, 2.75) is 43.5 Å². The number of aryl methyl sites for hydroxylation is 1. The number of benzene rings is 2. The lowest BCUT2D eigenvalue weighted by Gasteiger charge is -2.35. The number of amides is 1. The van der Waals surface area contributed by atoms with Crippen LogP contribution in [0.15, 0.2) is 48.5 Å². The number of hydrogen-bond acceptors (Lipinski definition) is 4. The van der Waals surface area contributed by atoms with Crippen LogP contribution < -0.4 is 10.6 Å². The molecule has 1 amide bonds. The van der Waals surface area contributed by atoms with E-state index in [2.05, 4.69) is 10.6 Å². The zero-order valence-corrected chi connectivity index (χ0v) is 20.0. The van der Waals surface area contributed by atoms with Gasteiger partial charge in [0, 0.05) is 16.8 Å². The number of thiocarbonyl (C=S) groups is 1. The average molecular weight is 620 g/mol. The summed E-state index contributed by atoms with van der Waals surface area (Å²) < 4.78 is 176. The number of hydrogen-bond donors (Lipinski definition) is 2. The van der Waals surface area contributed by atoms with Crippen LogP contribution in [0.1, 0.15) is 21.5 Å². The SMILES string of the molecule is Cc1ccc(C(=O)NC(=S)Nc2cccc(C(F)(F)C(F)(F)OC(F)(F)C(F)(F)C(F)(F)OC(F)(F)F)c2)cc1. The number of carbonyl (C=O) groups is 1. The van der Waals surface area contributed by atoms with Gasteiger partial charge >= 0.3 is 36.5 Å². The lowest BCUT2D eigenvalue weighted by atomic mass is 10.1. The Bertz CT molecular complexity index is 1240. The minimum atomic E-state index is -7.53. The summed E-state index contributed by atoms with van der Waals surface area (Å²) in [6.45, 7) is 1.72. The zero-order chi connectivity index (χ0) is 30.9. The Balaban J connectivity index is 2.24. The fourth-order valence-corrected chi connectivity index (χ4v) is 2.88. The van der Waals surface area contributed by atoms with Crippen LogP contribution in [-0.4, -0.2) is 41.6 Å². The standard InChI is InChI=1S/C21H13F13N2O3S/c1-10-5-7-11(8-6-10)14(37)36-15(40)35-13-4-2-3-12(9-13)16(22,23)18(26,27)38-19(28,29)17(24,25)20(30,31)39-21(32,33)34/h2-9H,1H3,(H2,35,36,37,40). The monoisotopic (exact) mass is 620 g/mol. The van der Waals surface area contributed by atoms with Gasteiger partial charge < -0.3 is 5.32 Å². The second-order valence-electron chi connectivity index (χ2n) is 7.70. The molecule has 0 heterocycles. The number of halogens is 13. The first-order valence-electron chi connectivity index (χ1n) is 10.1. The molecule has 0 fully saturated rings. The first kappa shape index (κ1) is 33.0. The molecule has 222 valence electrons. The van der Waals surface area contributed by atoms with Gasteiger partial charge in [0.25, 0.3) is 5.91 Å². The van der Waals surface area contributed by atoms with Crippen LogP contribution >= 0.6 is 12.2 Å². The van der Waals surface area contributed by atoms with E-state index in [1.807, 2.05) is 4.74 Å². The first-order valence-corrected chi connectivity index (χ1v) is 10.5. The molecular weight excluding hydrogens is 607 g/mol. The molecule has 0 atom stereocenters. The molecule has 0 aliphatic heterocycles. The molecule has 0 aliphatic rings. The fraction of sp³-hybridized carbons (Fsp3) is 0.333. The Morgan fingerprint density at radius 1 is 0.750 bits per heavy atom. The van der Waals surface area contributed by atoms with E-state index < -0.39 is 58.8 Å². The third kappa shape index (κ3) is 7.30. The number of rotatable bonds is 9. The molecule has 0 spiro atoms. The van der Waals surface area contributed by atoms with Gasteiger partial charge in [-0.1, -0.05) is 29.8 Å². The van der Waals surface area contributed by atoms with Crippen LogP contribution in [0.25, 0.3) is 0 Å². The van der Waals surface area contributed by atoms with Gasteiger partial charge in [0.2, 0.25) is 0 Å². The molecule has 19 heteroatoms. The molecule has 0 bridgehead atoms. The highest BCUT2D eigenvalue weighted by atomic mass is 32.1. The van der Waals surface area contributed by atoms with E-state index in [0.29, 0.717) is 6.07 Å². The number of carbonyl (C=O) groups excluding carboxylic acids is 1. The normalized spacial score (nSPS) is 13.7. The lowest BCUT2D eigenvalue weighted by molar-refractivity contribution is -0.535. The van der Waals surface area contributed by atoms with Crippen molar-refractivity contribution in [1.82, 2.24) is 5.32 Å². The minimum Gasteiger partial charge on any atom is -0.332 e. The molecule has 0 aliphatic carbocycles. The van der Waals surface area contributed by atoms with Gasteiger partial charge in [-0.25, -0.2) is 9.47 Å². The topological polar surface area (TPSA) is 59.6 Å². The van der Waals surface area contributed by atoms with E-state index in [9.17, 15) is 61.9 Å². The van der Waals surface area contributed by atoms with Crippen molar-refractivity contribution in [3.8, 4) is 0 Å². The second kappa shape index (κ2) is 11.0. The van der Waals surface area contributed by atoms with Crippen molar-refractivity contribution < 1.29 is 71.3 Å². The maximum Gasteiger partial charge on any atom is 0.527 e. The highest BCUT2D eigenvalue weighted by Gasteiger charge is 2.80. The van der Waals surface area contributed by atoms with Gasteiger partial charge in [-0.05, 0) is 43.4 Å². The van der Waals surface area contributed by atoms with Gasteiger partial charge in [0.1, 0.15) is 0 Å². The van der Waals surface area contributed by atoms with Crippen LogP contribution in [0.5, 0.6) is 0 Å². The number of alkyl halides is 13. The third-order valence-electron chi connectivity index (χ3n) is 4.62. The summed E-state index contributed by atoms with van der Waals surface area (Å²) in [5.41, 5.74) is -1.65. The maximum absolute atomic E-state index is 14.4. The summed E-state index contributed by atoms with van der Waals surface area (Å²) in [5, 5.41) is 3.65. The number of anilines is 1. The van der Waals surface area contributed by atoms with Gasteiger partial charge in [-0.3, -0.25) is 10.1 Å². The van der Waals surface area contributed by atoms with Crippen molar-refractivity contribution in [2.24, 2.45) is 0 Å². The van der Waals surface area contributed by atoms with E-state index in [1.54, 1.807) is 23.8 Å². The summed E-state index contributed by atoms with van der Waals surface area (Å²) >= 11 is 4.78. The van der Waals surface area contributed by atoms with Crippen LogP contribution in [0.2, 0.25) is 0 Å². The summed E-state index contributed by atoms with van der Waals surface area (Å²) in [7, 11) is 0. The van der Waals surface area contributed by atoms with Crippen LogP contribution in [0.4, 0.5) is 62.8 Å². The van der Waals surface area contributed by atoms with E-state index in [0.717, 1.165) is 11.6 Å². The van der Waals surface area contributed by atoms with Crippen LogP contribution in [-0.2, 0) is 15.4 Å². The molecule has 0 saturated heterocycles. The van der Waals surface area contributed by atoms with Crippen LogP contribution in [0, 0.1) is 6.92 Å². The van der Waals surface area contributed by atoms with Gasteiger partial charge in [0.05, 0.1) is 0 Å². The van der Waals surface area contributed by atoms with Gasteiger partial charge in [-0.2, -0.15) is 43.9 Å². The number of nitrogens with one attached hydrogen (secondary N) is 2. The highest BCUT2D eigenvalue weighted by Crippen LogP contribution is 2.54. The molecule has 5 nitrogen and oxygen atoms in total. The molecule has 40 heavy (non-hydrogen) atoms. The Hall–Kier alpha value is -3.19. The fourth-order valence-electron chi connectivity index (χ4n) is 2.67. The molecule has 2 aromatic rings. The van der Waals surface area contributed by atoms with E-state index in [4.69, 9.17) is 12.2 Å². The van der Waals surface area contributed by atoms with E-state index >= 15 is 0 Å². The zero-order valence-electron chi connectivity index (χ0n) is 19.2. The Morgan fingerprint density at radius 2 is 1.27 bits per heavy atom. The molecule has 0 unspecified atom stereocenters. The Morgan fingerprint density at radius 3 is 1.80 bits per heavy atom. The van der Waals surface area contributed by atoms with Crippen molar-refractivity contribution in [3.05, 3.63) is 65.2 Å². The van der Waals surface area contributed by atoms with Crippen LogP contribution in [0.3, 0.4) is 0 Å². The first-order chi connectivity index (χ1) is 17.9. The van der Waals surface area contributed by atoms with E-state index in [-0.39, 0.29) is 17.7 Å². The van der Waals surface area contributed by atoms with Gasteiger partial charge in [-0.15, -0.1) is 13.2 Å². The van der Waals surface area contributed by atoms with Crippen molar-refractivity contribution >= 4 is 28.9 Å². The molecule has 0 saturated carbocycles. The average Bonchev–Trinajstić information content (AvgIpc) is 2.77. The van der Waals surface area contributed by atoms with Crippen molar-refractivity contribution in [1.29, 1.82) is 0 Å². The molecule has 2 rings (SSSR count). The van der Waals surface area contributed by atoms with Crippen molar-refractivity contribution in [2.75, 3.05) is 5.32 Å². The quantitative estimate of drug-likeness (QED) is 0.230. The maximum atomic E-state index is 14.4. The molecule has 0 aromatic heterocycles. The second-order valence-corrected chi connectivity index (χ2v) is 8.11. The Kier molecular flexibility index (Phi) is 9.08. The van der Waals surface area contributed by atoms with Crippen molar-refractivity contribution in [3.63, 3.8) is 0 Å². The lowest BCUT2D eigenvalue weighted by Crippen LogP contribution is -2.61. The molecule has 0 radical (unpaired) electrons. The molecule has 2 aromatic carbocycles. The Labute approximate surface area is 220 Å². The smallest absolute Gasteiger partial charge is 0.332 e. The molecular formula is C21H13F13N2O3S. The highest BCUT2D eigenvalue weighted by molar-refractivity contribution is 7.80. The third-order valence-corrected chi connectivity index (χ3v) is 4.82. The largest absolute Gasteiger partial charge is 0.527 e. The summed E-state index contributed by atoms with van der Waals surface area (Å²) in [4.78, 5) is 12.1. The predicted molar refractivity (Wildman–Crippen MR) is 113 cm³/mol. The van der Waals surface area contributed by atoms with E-state index in [1.165, 1.54) is 12.1 Å². The summed E-state index contributed by atoms with van der Waals surface area (Å²) in [5.74, 6) is -14.3. The summed E-state index contributed by atoms with van der Waals surface area (Å²) in [6, 6.07) is 7.65. The van der Waals surface area contributed by atoms with Gasteiger partial charge in [0.15, 0.2) is 5.11 Å². The minimum absolute atomic E-state index is 0.0933. The number of ether oxygens (including phenoxy) is 2.